The summed E-state index contributed by atoms with van der Waals surface area (Å²) in [5.41, 5.74) is 2.64. The van der Waals surface area contributed by atoms with E-state index in [-0.39, 0.29) is 30.1 Å². The van der Waals surface area contributed by atoms with Gasteiger partial charge in [0.25, 0.3) is 0 Å². The van der Waals surface area contributed by atoms with Gasteiger partial charge in [-0.05, 0) is 43.0 Å². The minimum atomic E-state index is -0.237. The number of β-amino-alcohol motifs (C(OH)–C–C–N with tert-alkyl or cyclic N) is 1. The zero-order valence-electron chi connectivity index (χ0n) is 17.1. The zero-order chi connectivity index (χ0) is 19.2. The van der Waals surface area contributed by atoms with E-state index in [2.05, 4.69) is 34.2 Å². The molecule has 2 N–H and O–H groups in total. The summed E-state index contributed by atoms with van der Waals surface area (Å²) in [7, 11) is 3.36. The molecule has 1 atom stereocenters. The van der Waals surface area contributed by atoms with Gasteiger partial charge in [0.2, 0.25) is 0 Å². The molecule has 0 unspecified atom stereocenters. The number of halogens is 1. The molecule has 2 aliphatic rings. The first-order valence-electron chi connectivity index (χ1n) is 9.82. The first kappa shape index (κ1) is 23.0. The number of hydrogen-bond acceptors (Lipinski definition) is 5. The Kier molecular flexibility index (Phi) is 9.10. The maximum absolute atomic E-state index is 9.77. The summed E-state index contributed by atoms with van der Waals surface area (Å²) >= 11 is 0. The number of rotatable bonds is 6. The third kappa shape index (κ3) is 5.64. The molecule has 158 valence electrons. The quantitative estimate of drug-likeness (QED) is 0.350. The fraction of sp³-hybridized carbons (Fsp3) is 0.650. The van der Waals surface area contributed by atoms with Gasteiger partial charge in [-0.3, -0.25) is 9.89 Å². The largest absolute Gasteiger partial charge is 0.493 e. The van der Waals surface area contributed by atoms with Crippen LogP contribution in [0, 0.1) is 0 Å². The second-order valence-corrected chi connectivity index (χ2v) is 7.13. The fourth-order valence-electron chi connectivity index (χ4n) is 3.79. The van der Waals surface area contributed by atoms with Crippen molar-refractivity contribution in [2.24, 2.45) is 4.99 Å². The van der Waals surface area contributed by atoms with Crippen molar-refractivity contribution in [3.05, 3.63) is 23.3 Å². The van der Waals surface area contributed by atoms with Crippen molar-refractivity contribution in [3.8, 4) is 11.5 Å². The average molecular weight is 504 g/mol. The molecule has 3 rings (SSSR count). The lowest BCUT2D eigenvalue weighted by Gasteiger charge is -2.29. The van der Waals surface area contributed by atoms with Crippen LogP contribution in [-0.4, -0.2) is 80.5 Å². The number of methoxy groups -OCH3 is 2. The smallest absolute Gasteiger partial charge is 0.194 e. The number of benzene rings is 1. The maximum atomic E-state index is 9.77. The molecule has 1 saturated heterocycles. The Morgan fingerprint density at radius 3 is 2.54 bits per heavy atom. The molecule has 8 heteroatoms. The number of fused-ring (bicyclic) bond motifs is 1. The Hall–Kier alpha value is -1.26. The number of likely N-dealkylation sites (tertiary alicyclic amines) is 1. The van der Waals surface area contributed by atoms with Crippen LogP contribution in [0.4, 0.5) is 0 Å². The monoisotopic (exact) mass is 504 g/mol. The summed E-state index contributed by atoms with van der Waals surface area (Å²) in [4.78, 5) is 9.36. The third-order valence-corrected chi connectivity index (χ3v) is 5.27. The number of guanidine groups is 1. The summed E-state index contributed by atoms with van der Waals surface area (Å²) in [5.74, 6) is 2.51. The molecule has 1 fully saturated rings. The number of nitrogens with zero attached hydrogens (tertiary/aromatic N) is 3. The third-order valence-electron chi connectivity index (χ3n) is 5.27. The molecule has 0 saturated carbocycles. The number of nitrogens with one attached hydrogen (secondary N) is 1. The molecule has 0 spiro atoms. The predicted octanol–water partition coefficient (Wildman–Crippen LogP) is 1.71. The van der Waals surface area contributed by atoms with E-state index in [1.165, 1.54) is 11.1 Å². The van der Waals surface area contributed by atoms with Crippen molar-refractivity contribution >= 4 is 29.9 Å². The second kappa shape index (κ2) is 11.1. The van der Waals surface area contributed by atoms with Gasteiger partial charge in [-0.15, -0.1) is 24.0 Å². The molecule has 2 aliphatic heterocycles. The highest BCUT2D eigenvalue weighted by Crippen LogP contribution is 2.33. The predicted molar refractivity (Wildman–Crippen MR) is 122 cm³/mol. The van der Waals surface area contributed by atoms with E-state index >= 15 is 0 Å². The Labute approximate surface area is 185 Å². The van der Waals surface area contributed by atoms with Crippen LogP contribution < -0.4 is 14.8 Å². The van der Waals surface area contributed by atoms with Gasteiger partial charge in [-0.2, -0.15) is 0 Å². The van der Waals surface area contributed by atoms with Gasteiger partial charge >= 0.3 is 0 Å². The molecule has 1 aromatic rings. The second-order valence-electron chi connectivity index (χ2n) is 7.13. The van der Waals surface area contributed by atoms with Crippen molar-refractivity contribution in [2.45, 2.75) is 32.4 Å². The van der Waals surface area contributed by atoms with Crippen molar-refractivity contribution in [3.63, 3.8) is 0 Å². The van der Waals surface area contributed by atoms with Gasteiger partial charge in [0.05, 0.1) is 26.9 Å². The minimum Gasteiger partial charge on any atom is -0.493 e. The number of aliphatic hydroxyl groups is 1. The summed E-state index contributed by atoms with van der Waals surface area (Å²) in [6.45, 7) is 8.05. The molecule has 0 radical (unpaired) electrons. The SMILES string of the molecule is CCNC(=NCCN1CCc2cc(OC)c(OC)cc2C1)N1CC[C@@H](O)C1.I. The number of ether oxygens (including phenoxy) is 2. The van der Waals surface area contributed by atoms with Gasteiger partial charge in [0.1, 0.15) is 0 Å². The Morgan fingerprint density at radius 2 is 1.93 bits per heavy atom. The standard InChI is InChI=1S/C20H32N4O3.HI/c1-4-21-20(24-9-6-17(25)14-24)22-7-10-23-8-5-15-11-18(26-2)19(27-3)12-16(15)13-23;/h11-12,17,25H,4-10,13-14H2,1-3H3,(H,21,22);1H/t17-;/m1./s1. The summed E-state index contributed by atoms with van der Waals surface area (Å²) in [5, 5.41) is 13.1. The number of aliphatic imine (C=N–C) groups is 1. The van der Waals surface area contributed by atoms with Gasteiger partial charge in [0, 0.05) is 39.3 Å². The molecular weight excluding hydrogens is 471 g/mol. The van der Waals surface area contributed by atoms with E-state index in [0.717, 1.165) is 69.6 Å². The number of hydrogen-bond donors (Lipinski definition) is 2. The van der Waals surface area contributed by atoms with Crippen LogP contribution in [0.1, 0.15) is 24.5 Å². The lowest BCUT2D eigenvalue weighted by molar-refractivity contribution is 0.187. The fourth-order valence-corrected chi connectivity index (χ4v) is 3.79. The van der Waals surface area contributed by atoms with Crippen molar-refractivity contribution < 1.29 is 14.6 Å². The molecule has 2 heterocycles. The van der Waals surface area contributed by atoms with Crippen molar-refractivity contribution in [2.75, 3.05) is 53.5 Å². The van der Waals surface area contributed by atoms with Crippen LogP contribution in [0.2, 0.25) is 0 Å². The molecule has 1 aromatic carbocycles. The van der Waals surface area contributed by atoms with E-state index in [4.69, 9.17) is 14.5 Å². The Balaban J connectivity index is 0.00000280. The lowest BCUT2D eigenvalue weighted by Crippen LogP contribution is -2.41. The van der Waals surface area contributed by atoms with Crippen molar-refractivity contribution in [1.82, 2.24) is 15.1 Å². The van der Waals surface area contributed by atoms with Crippen LogP contribution in [0.5, 0.6) is 11.5 Å². The Bertz CT molecular complexity index is 671. The van der Waals surface area contributed by atoms with E-state index in [1.807, 2.05) is 0 Å². The van der Waals surface area contributed by atoms with E-state index in [0.29, 0.717) is 6.54 Å². The number of aliphatic hydroxyl groups excluding tert-OH is 1. The summed E-state index contributed by atoms with van der Waals surface area (Å²) in [6.07, 6.45) is 1.59. The first-order valence-corrected chi connectivity index (χ1v) is 9.82. The van der Waals surface area contributed by atoms with Gasteiger partial charge in [0.15, 0.2) is 17.5 Å². The van der Waals surface area contributed by atoms with Gasteiger partial charge in [-0.25, -0.2) is 0 Å². The van der Waals surface area contributed by atoms with E-state index in [9.17, 15) is 5.11 Å². The average Bonchev–Trinajstić information content (AvgIpc) is 3.12. The molecule has 7 nitrogen and oxygen atoms in total. The normalized spacial score (nSPS) is 19.8. The molecule has 0 aromatic heterocycles. The first-order chi connectivity index (χ1) is 13.1. The van der Waals surface area contributed by atoms with Crippen LogP contribution in [0.3, 0.4) is 0 Å². The highest BCUT2D eigenvalue weighted by molar-refractivity contribution is 14.0. The van der Waals surface area contributed by atoms with Gasteiger partial charge < -0.3 is 24.8 Å². The topological polar surface area (TPSA) is 69.6 Å². The lowest BCUT2D eigenvalue weighted by atomic mass is 9.99. The summed E-state index contributed by atoms with van der Waals surface area (Å²) < 4.78 is 10.9. The Morgan fingerprint density at radius 1 is 1.21 bits per heavy atom. The van der Waals surface area contributed by atoms with E-state index < -0.39 is 0 Å². The zero-order valence-corrected chi connectivity index (χ0v) is 19.4. The molecule has 0 aliphatic carbocycles. The van der Waals surface area contributed by atoms with Crippen molar-refractivity contribution in [1.29, 1.82) is 0 Å². The maximum Gasteiger partial charge on any atom is 0.194 e. The molecule has 28 heavy (non-hydrogen) atoms. The molecular formula is C20H33IN4O3. The van der Waals surface area contributed by atoms with Crippen LogP contribution >= 0.6 is 24.0 Å². The van der Waals surface area contributed by atoms with Crippen LogP contribution in [0.15, 0.2) is 17.1 Å². The highest BCUT2D eigenvalue weighted by atomic mass is 127. The van der Waals surface area contributed by atoms with E-state index in [1.54, 1.807) is 14.2 Å². The van der Waals surface area contributed by atoms with Gasteiger partial charge in [-0.1, -0.05) is 0 Å². The molecule has 0 bridgehead atoms. The minimum absolute atomic E-state index is 0. The van der Waals surface area contributed by atoms with Crippen LogP contribution in [-0.2, 0) is 13.0 Å². The molecule has 0 amide bonds. The summed E-state index contributed by atoms with van der Waals surface area (Å²) in [6, 6.07) is 4.20. The highest BCUT2D eigenvalue weighted by Gasteiger charge is 2.23. The van der Waals surface area contributed by atoms with Crippen LogP contribution in [0.25, 0.3) is 0 Å².